The fourth-order valence-corrected chi connectivity index (χ4v) is 4.30. The number of carbonyl (C=O) groups is 1. The topological polar surface area (TPSA) is 91.1 Å². The van der Waals surface area contributed by atoms with E-state index in [-0.39, 0.29) is 29.3 Å². The lowest BCUT2D eigenvalue weighted by atomic mass is 10.00. The van der Waals surface area contributed by atoms with Crippen molar-refractivity contribution in [3.05, 3.63) is 88.0 Å². The standard InChI is InChI=1S/C26H25ClFN5O2/c1-16(2)35-26-30-13-19(14-31-26)24(18-4-6-20(27)7-5-18)33-10-9-21(15-33)32-25(34)22-8-3-17(12-29)11-23(22)28/h3-8,11,13-14,16,21,24H,9-10,15H2,1-2H3,(H,32,34)/t21-,24?/m1/s1. The number of nitrogens with zero attached hydrogens (tertiary/aromatic N) is 4. The number of likely N-dealkylation sites (tertiary alicyclic amines) is 1. The third kappa shape index (κ3) is 5.94. The first-order chi connectivity index (χ1) is 16.8. The highest BCUT2D eigenvalue weighted by Crippen LogP contribution is 2.32. The molecule has 1 amide bonds. The maximum atomic E-state index is 14.3. The molecule has 0 saturated carbocycles. The Morgan fingerprint density at radius 3 is 2.54 bits per heavy atom. The van der Waals surface area contributed by atoms with E-state index in [0.717, 1.165) is 17.2 Å². The van der Waals surface area contributed by atoms with Crippen LogP contribution in [0.3, 0.4) is 0 Å². The molecule has 7 nitrogen and oxygen atoms in total. The summed E-state index contributed by atoms with van der Waals surface area (Å²) in [5, 5.41) is 12.5. The molecule has 35 heavy (non-hydrogen) atoms. The van der Waals surface area contributed by atoms with Crippen molar-refractivity contribution >= 4 is 17.5 Å². The molecule has 4 rings (SSSR count). The van der Waals surface area contributed by atoms with Crippen molar-refractivity contribution in [2.75, 3.05) is 13.1 Å². The van der Waals surface area contributed by atoms with Crippen LogP contribution >= 0.6 is 11.6 Å². The third-order valence-corrected chi connectivity index (χ3v) is 6.01. The molecule has 1 saturated heterocycles. The number of hydrogen-bond donors (Lipinski definition) is 1. The molecular formula is C26H25ClFN5O2. The Kier molecular flexibility index (Phi) is 7.59. The third-order valence-electron chi connectivity index (χ3n) is 5.75. The Balaban J connectivity index is 1.52. The summed E-state index contributed by atoms with van der Waals surface area (Å²) in [6.07, 6.45) is 4.17. The second-order valence-corrected chi connectivity index (χ2v) is 9.12. The van der Waals surface area contributed by atoms with Gasteiger partial charge in [0.15, 0.2) is 0 Å². The molecule has 2 heterocycles. The van der Waals surface area contributed by atoms with Gasteiger partial charge in [0.25, 0.3) is 5.91 Å². The van der Waals surface area contributed by atoms with Gasteiger partial charge in [-0.2, -0.15) is 5.26 Å². The van der Waals surface area contributed by atoms with Crippen LogP contribution in [0.5, 0.6) is 6.01 Å². The Morgan fingerprint density at radius 2 is 1.91 bits per heavy atom. The summed E-state index contributed by atoms with van der Waals surface area (Å²) in [6, 6.07) is 13.3. The summed E-state index contributed by atoms with van der Waals surface area (Å²) in [6.45, 7) is 5.09. The van der Waals surface area contributed by atoms with Crippen LogP contribution < -0.4 is 10.1 Å². The molecule has 0 aliphatic carbocycles. The van der Waals surface area contributed by atoms with Crippen LogP contribution in [-0.2, 0) is 0 Å². The molecule has 2 atom stereocenters. The van der Waals surface area contributed by atoms with Gasteiger partial charge in [-0.05, 0) is 56.2 Å². The molecule has 1 unspecified atom stereocenters. The molecular weight excluding hydrogens is 469 g/mol. The Hall–Kier alpha value is -3.54. The molecule has 0 radical (unpaired) electrons. The lowest BCUT2D eigenvalue weighted by molar-refractivity contribution is 0.0932. The van der Waals surface area contributed by atoms with Crippen molar-refractivity contribution in [1.82, 2.24) is 20.2 Å². The lowest BCUT2D eigenvalue weighted by Gasteiger charge is -2.28. The van der Waals surface area contributed by atoms with E-state index in [0.29, 0.717) is 30.5 Å². The van der Waals surface area contributed by atoms with Crippen molar-refractivity contribution in [1.29, 1.82) is 5.26 Å². The first kappa shape index (κ1) is 24.6. The average molecular weight is 494 g/mol. The van der Waals surface area contributed by atoms with E-state index in [4.69, 9.17) is 21.6 Å². The molecule has 1 aliphatic heterocycles. The Labute approximate surface area is 208 Å². The predicted octanol–water partition coefficient (Wildman–Crippen LogP) is 4.52. The number of benzene rings is 2. The van der Waals surface area contributed by atoms with Crippen LogP contribution in [0.15, 0.2) is 54.9 Å². The maximum absolute atomic E-state index is 14.3. The Bertz CT molecular complexity index is 1230. The molecule has 3 aromatic rings. The zero-order chi connectivity index (χ0) is 24.9. The van der Waals surface area contributed by atoms with E-state index in [1.165, 1.54) is 12.1 Å². The van der Waals surface area contributed by atoms with Crippen LogP contribution in [-0.4, -0.2) is 46.0 Å². The smallest absolute Gasteiger partial charge is 0.316 e. The van der Waals surface area contributed by atoms with Crippen LogP contribution in [0, 0.1) is 17.1 Å². The largest absolute Gasteiger partial charge is 0.461 e. The quantitative estimate of drug-likeness (QED) is 0.520. The highest BCUT2D eigenvalue weighted by atomic mass is 35.5. The minimum absolute atomic E-state index is 0.0307. The highest BCUT2D eigenvalue weighted by molar-refractivity contribution is 6.30. The van der Waals surface area contributed by atoms with Crippen molar-refractivity contribution in [3.8, 4) is 12.1 Å². The zero-order valence-electron chi connectivity index (χ0n) is 19.4. The predicted molar refractivity (Wildman–Crippen MR) is 130 cm³/mol. The van der Waals surface area contributed by atoms with Crippen molar-refractivity contribution in [2.45, 2.75) is 38.5 Å². The van der Waals surface area contributed by atoms with Crippen molar-refractivity contribution < 1.29 is 13.9 Å². The van der Waals surface area contributed by atoms with Crippen molar-refractivity contribution in [2.24, 2.45) is 0 Å². The summed E-state index contributed by atoms with van der Waals surface area (Å²) in [5.74, 6) is -1.21. The maximum Gasteiger partial charge on any atom is 0.316 e. The van der Waals surface area contributed by atoms with Crippen LogP contribution in [0.4, 0.5) is 4.39 Å². The molecule has 1 aromatic heterocycles. The molecule has 1 aliphatic rings. The second kappa shape index (κ2) is 10.8. The fourth-order valence-electron chi connectivity index (χ4n) is 4.17. The van der Waals surface area contributed by atoms with Gasteiger partial charge in [-0.15, -0.1) is 0 Å². The summed E-state index contributed by atoms with van der Waals surface area (Å²) in [5.41, 5.74) is 1.99. The van der Waals surface area contributed by atoms with Gasteiger partial charge in [0, 0.05) is 42.1 Å². The number of rotatable bonds is 7. The van der Waals surface area contributed by atoms with Crippen LogP contribution in [0.1, 0.15) is 53.4 Å². The number of carbonyl (C=O) groups excluding carboxylic acids is 1. The van der Waals surface area contributed by atoms with Gasteiger partial charge in [0.1, 0.15) is 5.82 Å². The van der Waals surface area contributed by atoms with Gasteiger partial charge in [0.05, 0.1) is 29.3 Å². The molecule has 0 bridgehead atoms. The normalized spacial score (nSPS) is 16.6. The number of hydrogen-bond acceptors (Lipinski definition) is 6. The number of amides is 1. The van der Waals surface area contributed by atoms with Crippen molar-refractivity contribution in [3.63, 3.8) is 0 Å². The summed E-state index contributed by atoms with van der Waals surface area (Å²) >= 11 is 6.11. The van der Waals surface area contributed by atoms with E-state index in [2.05, 4.69) is 20.2 Å². The summed E-state index contributed by atoms with van der Waals surface area (Å²) < 4.78 is 19.9. The van der Waals surface area contributed by atoms with Gasteiger partial charge in [-0.1, -0.05) is 23.7 Å². The molecule has 0 spiro atoms. The minimum atomic E-state index is -0.712. The van der Waals surface area contributed by atoms with E-state index in [9.17, 15) is 9.18 Å². The number of halogens is 2. The highest BCUT2D eigenvalue weighted by Gasteiger charge is 2.32. The number of aromatic nitrogens is 2. The van der Waals surface area contributed by atoms with E-state index < -0.39 is 11.7 Å². The van der Waals surface area contributed by atoms with Gasteiger partial charge in [-0.3, -0.25) is 9.69 Å². The molecule has 9 heteroatoms. The number of ether oxygens (including phenoxy) is 1. The average Bonchev–Trinajstić information content (AvgIpc) is 3.28. The first-order valence-electron chi connectivity index (χ1n) is 11.3. The van der Waals surface area contributed by atoms with Gasteiger partial charge >= 0.3 is 6.01 Å². The van der Waals surface area contributed by atoms with Gasteiger partial charge in [0.2, 0.25) is 0 Å². The number of nitrogens with one attached hydrogen (secondary N) is 1. The van der Waals surface area contributed by atoms with E-state index in [1.807, 2.05) is 44.2 Å². The molecule has 1 N–H and O–H groups in total. The fraction of sp³-hybridized carbons (Fsp3) is 0.308. The molecule has 1 fully saturated rings. The molecule has 180 valence electrons. The van der Waals surface area contributed by atoms with Crippen LogP contribution in [0.2, 0.25) is 5.02 Å². The lowest BCUT2D eigenvalue weighted by Crippen LogP contribution is -2.38. The minimum Gasteiger partial charge on any atom is -0.461 e. The summed E-state index contributed by atoms with van der Waals surface area (Å²) in [4.78, 5) is 23.7. The van der Waals surface area contributed by atoms with E-state index in [1.54, 1.807) is 12.4 Å². The second-order valence-electron chi connectivity index (χ2n) is 8.68. The first-order valence-corrected chi connectivity index (χ1v) is 11.7. The van der Waals surface area contributed by atoms with Crippen LogP contribution in [0.25, 0.3) is 0 Å². The SMILES string of the molecule is CC(C)Oc1ncc(C(c2ccc(Cl)cc2)N2CC[C@@H](NC(=O)c3ccc(C#N)cc3F)C2)cn1. The monoisotopic (exact) mass is 493 g/mol. The number of nitriles is 1. The molecule has 2 aromatic carbocycles. The van der Waals surface area contributed by atoms with Gasteiger partial charge in [-0.25, -0.2) is 14.4 Å². The zero-order valence-corrected chi connectivity index (χ0v) is 20.2. The summed E-state index contributed by atoms with van der Waals surface area (Å²) in [7, 11) is 0. The Morgan fingerprint density at radius 1 is 1.20 bits per heavy atom. The van der Waals surface area contributed by atoms with E-state index >= 15 is 0 Å². The van der Waals surface area contributed by atoms with Gasteiger partial charge < -0.3 is 10.1 Å².